The molecule has 0 radical (unpaired) electrons. The summed E-state index contributed by atoms with van der Waals surface area (Å²) in [4.78, 5) is 0. The molecule has 1 atom stereocenters. The van der Waals surface area contributed by atoms with Crippen molar-refractivity contribution in [1.82, 2.24) is 0 Å². The van der Waals surface area contributed by atoms with E-state index in [9.17, 15) is 0 Å². The van der Waals surface area contributed by atoms with Gasteiger partial charge in [-0.1, -0.05) is 29.3 Å². The first-order valence-corrected chi connectivity index (χ1v) is 7.73. The Bertz CT molecular complexity index is 662. The molecule has 0 bridgehead atoms. The Morgan fingerprint density at radius 1 is 1.10 bits per heavy atom. The fourth-order valence-electron chi connectivity index (χ4n) is 1.94. The zero-order chi connectivity index (χ0) is 15.6. The summed E-state index contributed by atoms with van der Waals surface area (Å²) >= 11 is 15.6. The third-order valence-corrected chi connectivity index (χ3v) is 4.39. The van der Waals surface area contributed by atoms with Crippen LogP contribution in [0.5, 0.6) is 17.2 Å². The second-order valence-electron chi connectivity index (χ2n) is 4.46. The van der Waals surface area contributed by atoms with Crippen LogP contribution >= 0.6 is 39.1 Å². The van der Waals surface area contributed by atoms with Gasteiger partial charge in [-0.15, -0.1) is 0 Å². The summed E-state index contributed by atoms with van der Waals surface area (Å²) in [7, 11) is 1.59. The highest BCUT2D eigenvalue weighted by atomic mass is 79.9. The van der Waals surface area contributed by atoms with Gasteiger partial charge in [-0.3, -0.25) is 0 Å². The number of methoxy groups -OCH3 is 1. The minimum absolute atomic E-state index is 0.249. The first kappa shape index (κ1) is 16.4. The summed E-state index contributed by atoms with van der Waals surface area (Å²) in [5, 5.41) is 0.962. The Morgan fingerprint density at radius 2 is 1.76 bits per heavy atom. The Hall–Kier alpha value is -0.940. The van der Waals surface area contributed by atoms with Crippen LogP contribution in [-0.2, 0) is 0 Å². The molecule has 2 N–H and O–H groups in total. The average molecular weight is 391 g/mol. The molecular formula is C15H14BrCl2NO2. The van der Waals surface area contributed by atoms with Crippen molar-refractivity contribution >= 4 is 39.1 Å². The van der Waals surface area contributed by atoms with Gasteiger partial charge in [-0.2, -0.15) is 0 Å². The van der Waals surface area contributed by atoms with Gasteiger partial charge >= 0.3 is 0 Å². The molecule has 0 unspecified atom stereocenters. The molecule has 112 valence electrons. The van der Waals surface area contributed by atoms with E-state index in [1.54, 1.807) is 19.2 Å². The minimum atomic E-state index is -0.249. The average Bonchev–Trinajstić information content (AvgIpc) is 2.44. The lowest BCUT2D eigenvalue weighted by atomic mass is 10.1. The third-order valence-electron chi connectivity index (χ3n) is 2.90. The lowest BCUT2D eigenvalue weighted by Gasteiger charge is -2.17. The van der Waals surface area contributed by atoms with Crippen LogP contribution in [0.15, 0.2) is 34.8 Å². The molecule has 0 saturated carbocycles. The van der Waals surface area contributed by atoms with Crippen LogP contribution in [0.25, 0.3) is 0 Å². The van der Waals surface area contributed by atoms with Gasteiger partial charge < -0.3 is 15.2 Å². The number of benzene rings is 2. The highest BCUT2D eigenvalue weighted by Gasteiger charge is 2.16. The van der Waals surface area contributed by atoms with Crippen molar-refractivity contribution in [2.75, 3.05) is 7.11 Å². The second-order valence-corrected chi connectivity index (χ2v) is 6.13. The van der Waals surface area contributed by atoms with E-state index in [0.29, 0.717) is 31.8 Å². The monoisotopic (exact) mass is 389 g/mol. The molecule has 2 aromatic rings. The minimum Gasteiger partial charge on any atom is -0.496 e. The Kier molecular flexibility index (Phi) is 5.38. The molecule has 2 aromatic carbocycles. The second kappa shape index (κ2) is 6.88. The number of rotatable bonds is 4. The van der Waals surface area contributed by atoms with Gasteiger partial charge in [0.25, 0.3) is 0 Å². The van der Waals surface area contributed by atoms with Crippen LogP contribution in [-0.4, -0.2) is 7.11 Å². The molecule has 0 aromatic heterocycles. The van der Waals surface area contributed by atoms with Crippen molar-refractivity contribution in [3.8, 4) is 17.2 Å². The highest BCUT2D eigenvalue weighted by molar-refractivity contribution is 9.10. The SMILES string of the molecule is COc1cccc(Oc2cc(Cl)c(Br)cc2Cl)c1[C@H](C)N. The van der Waals surface area contributed by atoms with Gasteiger partial charge in [0.05, 0.1) is 22.7 Å². The van der Waals surface area contributed by atoms with E-state index in [2.05, 4.69) is 15.9 Å². The first-order valence-electron chi connectivity index (χ1n) is 6.19. The van der Waals surface area contributed by atoms with Gasteiger partial charge in [0.2, 0.25) is 0 Å². The molecule has 0 fully saturated rings. The van der Waals surface area contributed by atoms with Crippen LogP contribution in [0.2, 0.25) is 10.0 Å². The molecule has 0 aliphatic heterocycles. The fraction of sp³-hybridized carbons (Fsp3) is 0.200. The maximum Gasteiger partial charge on any atom is 0.147 e. The first-order chi connectivity index (χ1) is 9.93. The summed E-state index contributed by atoms with van der Waals surface area (Å²) < 4.78 is 11.9. The van der Waals surface area contributed by atoms with Crippen LogP contribution in [0.3, 0.4) is 0 Å². The van der Waals surface area contributed by atoms with E-state index in [-0.39, 0.29) is 6.04 Å². The number of hydrogen-bond acceptors (Lipinski definition) is 3. The Morgan fingerprint density at radius 3 is 2.38 bits per heavy atom. The number of halogens is 3. The van der Waals surface area contributed by atoms with E-state index in [0.717, 1.165) is 5.56 Å². The van der Waals surface area contributed by atoms with E-state index >= 15 is 0 Å². The van der Waals surface area contributed by atoms with Crippen molar-refractivity contribution < 1.29 is 9.47 Å². The molecular weight excluding hydrogens is 377 g/mol. The molecule has 6 heteroatoms. The molecule has 0 aliphatic carbocycles. The topological polar surface area (TPSA) is 44.5 Å². The summed E-state index contributed by atoms with van der Waals surface area (Å²) in [6, 6.07) is 8.56. The molecule has 3 nitrogen and oxygen atoms in total. The largest absolute Gasteiger partial charge is 0.496 e. The number of nitrogens with two attached hydrogens (primary N) is 1. The molecule has 0 aliphatic rings. The normalized spacial score (nSPS) is 12.1. The zero-order valence-corrected chi connectivity index (χ0v) is 14.6. The maximum absolute atomic E-state index is 6.18. The van der Waals surface area contributed by atoms with E-state index in [1.807, 2.05) is 25.1 Å². The predicted octanol–water partition coefficient (Wildman–Crippen LogP) is 5.58. The van der Waals surface area contributed by atoms with Crippen molar-refractivity contribution in [3.05, 3.63) is 50.4 Å². The van der Waals surface area contributed by atoms with Gasteiger partial charge in [0, 0.05) is 16.6 Å². The maximum atomic E-state index is 6.18. The molecule has 0 amide bonds. The molecule has 2 rings (SSSR count). The predicted molar refractivity (Wildman–Crippen MR) is 89.8 cm³/mol. The van der Waals surface area contributed by atoms with Gasteiger partial charge in [-0.05, 0) is 41.1 Å². The Balaban J connectivity index is 2.47. The van der Waals surface area contributed by atoms with Crippen molar-refractivity contribution in [2.24, 2.45) is 5.73 Å². The lowest BCUT2D eigenvalue weighted by Crippen LogP contribution is -2.08. The summed E-state index contributed by atoms with van der Waals surface area (Å²) in [5.41, 5.74) is 6.78. The van der Waals surface area contributed by atoms with Crippen LogP contribution in [0.1, 0.15) is 18.5 Å². The summed E-state index contributed by atoms with van der Waals surface area (Å²) in [5.74, 6) is 1.71. The number of hydrogen-bond donors (Lipinski definition) is 1. The van der Waals surface area contributed by atoms with Crippen molar-refractivity contribution in [3.63, 3.8) is 0 Å². The van der Waals surface area contributed by atoms with Crippen molar-refractivity contribution in [2.45, 2.75) is 13.0 Å². The van der Waals surface area contributed by atoms with Crippen LogP contribution in [0.4, 0.5) is 0 Å². The van der Waals surface area contributed by atoms with Gasteiger partial charge in [0.15, 0.2) is 0 Å². The van der Waals surface area contributed by atoms with Gasteiger partial charge in [0.1, 0.15) is 17.2 Å². The summed E-state index contributed by atoms with van der Waals surface area (Å²) in [6.45, 7) is 1.86. The van der Waals surface area contributed by atoms with Gasteiger partial charge in [-0.25, -0.2) is 0 Å². The fourth-order valence-corrected chi connectivity index (χ4v) is 2.77. The molecule has 0 heterocycles. The van der Waals surface area contributed by atoms with E-state index in [1.165, 1.54) is 0 Å². The van der Waals surface area contributed by atoms with Crippen LogP contribution < -0.4 is 15.2 Å². The molecule has 0 spiro atoms. The van der Waals surface area contributed by atoms with Crippen molar-refractivity contribution in [1.29, 1.82) is 0 Å². The highest BCUT2D eigenvalue weighted by Crippen LogP contribution is 2.40. The lowest BCUT2D eigenvalue weighted by molar-refractivity contribution is 0.397. The van der Waals surface area contributed by atoms with Crippen LogP contribution in [0, 0.1) is 0 Å². The standard InChI is InChI=1S/C15H14BrCl2NO2/c1-8(19)15-12(20-2)4-3-5-13(15)21-14-7-10(17)9(16)6-11(14)18/h3-8H,19H2,1-2H3/t8-/m0/s1. The smallest absolute Gasteiger partial charge is 0.147 e. The van der Waals surface area contributed by atoms with E-state index < -0.39 is 0 Å². The number of ether oxygens (including phenoxy) is 2. The zero-order valence-electron chi connectivity index (χ0n) is 11.5. The summed E-state index contributed by atoms with van der Waals surface area (Å²) in [6.07, 6.45) is 0. The van der Waals surface area contributed by atoms with E-state index in [4.69, 9.17) is 38.4 Å². The Labute approximate surface area is 142 Å². The molecule has 21 heavy (non-hydrogen) atoms. The quantitative estimate of drug-likeness (QED) is 0.693. The molecule has 0 saturated heterocycles. The third kappa shape index (κ3) is 3.64.